The van der Waals surface area contributed by atoms with E-state index in [0.29, 0.717) is 24.0 Å². The molecular formula is C19H18F3N3O3. The zero-order chi connectivity index (χ0) is 20.1. The average molecular weight is 393 g/mol. The molecule has 28 heavy (non-hydrogen) atoms. The van der Waals surface area contributed by atoms with Gasteiger partial charge in [0.2, 0.25) is 11.7 Å². The van der Waals surface area contributed by atoms with Crippen LogP contribution in [0.15, 0.2) is 53.1 Å². The number of halogens is 3. The van der Waals surface area contributed by atoms with E-state index in [1.54, 1.807) is 25.3 Å². The van der Waals surface area contributed by atoms with Crippen LogP contribution < -0.4 is 14.8 Å². The van der Waals surface area contributed by atoms with E-state index in [4.69, 9.17) is 9.26 Å². The summed E-state index contributed by atoms with van der Waals surface area (Å²) in [6.07, 6.45) is -4.70. The minimum Gasteiger partial charge on any atom is -0.497 e. The monoisotopic (exact) mass is 393 g/mol. The molecule has 1 aromatic heterocycles. The maximum Gasteiger partial charge on any atom is 0.573 e. The van der Waals surface area contributed by atoms with Gasteiger partial charge in [-0.25, -0.2) is 0 Å². The van der Waals surface area contributed by atoms with Crippen molar-refractivity contribution in [1.82, 2.24) is 15.5 Å². The van der Waals surface area contributed by atoms with Crippen LogP contribution in [0.2, 0.25) is 0 Å². The summed E-state index contributed by atoms with van der Waals surface area (Å²) < 4.78 is 50.9. The summed E-state index contributed by atoms with van der Waals surface area (Å²) >= 11 is 0. The summed E-state index contributed by atoms with van der Waals surface area (Å²) in [7, 11) is 1.58. The fraction of sp³-hybridized carbons (Fsp3) is 0.263. The van der Waals surface area contributed by atoms with Gasteiger partial charge >= 0.3 is 6.36 Å². The number of aromatic nitrogens is 2. The van der Waals surface area contributed by atoms with Crippen molar-refractivity contribution < 1.29 is 27.2 Å². The highest BCUT2D eigenvalue weighted by molar-refractivity contribution is 5.56. The Morgan fingerprint density at radius 2 is 1.86 bits per heavy atom. The number of nitrogens with one attached hydrogen (secondary N) is 1. The van der Waals surface area contributed by atoms with Crippen LogP contribution in [0.4, 0.5) is 13.2 Å². The van der Waals surface area contributed by atoms with E-state index < -0.39 is 6.36 Å². The maximum atomic E-state index is 12.2. The third-order valence-electron chi connectivity index (χ3n) is 3.91. The predicted octanol–water partition coefficient (Wildman–Crippen LogP) is 4.49. The van der Waals surface area contributed by atoms with Crippen molar-refractivity contribution in [2.75, 3.05) is 7.11 Å². The first-order valence-electron chi connectivity index (χ1n) is 8.40. The first kappa shape index (κ1) is 19.7. The second kappa shape index (κ2) is 8.30. The fourth-order valence-electron chi connectivity index (χ4n) is 2.46. The molecule has 0 bridgehead atoms. The molecule has 0 aliphatic heterocycles. The van der Waals surface area contributed by atoms with Crippen LogP contribution in [0.5, 0.6) is 11.5 Å². The van der Waals surface area contributed by atoms with Crippen molar-refractivity contribution in [2.45, 2.75) is 25.9 Å². The van der Waals surface area contributed by atoms with Crippen molar-refractivity contribution in [1.29, 1.82) is 0 Å². The predicted molar refractivity (Wildman–Crippen MR) is 94.7 cm³/mol. The topological polar surface area (TPSA) is 69.4 Å². The van der Waals surface area contributed by atoms with Crippen LogP contribution in [-0.4, -0.2) is 23.6 Å². The van der Waals surface area contributed by atoms with Gasteiger partial charge in [-0.05, 0) is 36.8 Å². The molecule has 0 fully saturated rings. The molecule has 9 heteroatoms. The minimum atomic E-state index is -4.70. The zero-order valence-electron chi connectivity index (χ0n) is 15.2. The number of benzene rings is 2. The zero-order valence-corrected chi connectivity index (χ0v) is 15.2. The molecule has 0 aliphatic rings. The van der Waals surface area contributed by atoms with Crippen LogP contribution in [0.1, 0.15) is 24.4 Å². The molecular weight excluding hydrogens is 375 g/mol. The molecule has 0 amide bonds. The van der Waals surface area contributed by atoms with Crippen molar-refractivity contribution >= 4 is 0 Å². The second-order valence-electron chi connectivity index (χ2n) is 5.98. The van der Waals surface area contributed by atoms with Crippen LogP contribution >= 0.6 is 0 Å². The Kier molecular flexibility index (Phi) is 5.84. The molecule has 1 N–H and O–H groups in total. The molecule has 0 saturated carbocycles. The van der Waals surface area contributed by atoms with E-state index in [9.17, 15) is 13.2 Å². The molecule has 3 rings (SSSR count). The minimum absolute atomic E-state index is 0.252. The second-order valence-corrected chi connectivity index (χ2v) is 5.98. The van der Waals surface area contributed by atoms with E-state index in [-0.39, 0.29) is 11.8 Å². The van der Waals surface area contributed by atoms with Crippen LogP contribution in [0.25, 0.3) is 11.4 Å². The molecule has 0 saturated heterocycles. The summed E-state index contributed by atoms with van der Waals surface area (Å²) in [5.41, 5.74) is 1.55. The summed E-state index contributed by atoms with van der Waals surface area (Å²) in [6, 6.07) is 12.7. The lowest BCUT2D eigenvalue weighted by molar-refractivity contribution is -0.274. The first-order valence-corrected chi connectivity index (χ1v) is 8.40. The van der Waals surface area contributed by atoms with Crippen LogP contribution in [0.3, 0.4) is 0 Å². The highest BCUT2D eigenvalue weighted by atomic mass is 19.4. The highest BCUT2D eigenvalue weighted by Crippen LogP contribution is 2.24. The molecule has 148 valence electrons. The van der Waals surface area contributed by atoms with Gasteiger partial charge in [-0.1, -0.05) is 29.4 Å². The number of rotatable bonds is 7. The molecule has 6 nitrogen and oxygen atoms in total. The van der Waals surface area contributed by atoms with Crippen molar-refractivity contribution in [3.63, 3.8) is 0 Å². The Morgan fingerprint density at radius 1 is 1.11 bits per heavy atom. The van der Waals surface area contributed by atoms with Gasteiger partial charge in [0.1, 0.15) is 11.5 Å². The van der Waals surface area contributed by atoms with Crippen LogP contribution in [-0.2, 0) is 6.54 Å². The molecule has 1 atom stereocenters. The highest BCUT2D eigenvalue weighted by Gasteiger charge is 2.30. The lowest BCUT2D eigenvalue weighted by atomic mass is 10.2. The summed E-state index contributed by atoms with van der Waals surface area (Å²) in [6.45, 7) is 2.26. The Balaban J connectivity index is 1.59. The van der Waals surface area contributed by atoms with Gasteiger partial charge in [0.15, 0.2) is 0 Å². The standard InChI is InChI=1S/C19H18F3N3O3/c1-12(23-11-13-6-8-15(9-7-13)27-19(20,21)22)18-24-17(25-28-18)14-4-3-5-16(10-14)26-2/h3-10,12,23H,11H2,1-2H3. The third-order valence-corrected chi connectivity index (χ3v) is 3.91. The van der Waals surface area contributed by atoms with Gasteiger partial charge in [-0.2, -0.15) is 4.98 Å². The van der Waals surface area contributed by atoms with E-state index in [2.05, 4.69) is 20.2 Å². The SMILES string of the molecule is COc1cccc(-c2noc(C(C)NCc3ccc(OC(F)(F)F)cc3)n2)c1. The molecule has 0 radical (unpaired) electrons. The lowest BCUT2D eigenvalue weighted by Gasteiger charge is -2.11. The number of hydrogen-bond donors (Lipinski definition) is 1. The Bertz CT molecular complexity index is 911. The normalized spacial score (nSPS) is 12.6. The largest absolute Gasteiger partial charge is 0.573 e. The molecule has 0 spiro atoms. The number of alkyl halides is 3. The number of nitrogens with zero attached hydrogens (tertiary/aromatic N) is 2. The number of methoxy groups -OCH3 is 1. The maximum absolute atomic E-state index is 12.2. The van der Waals surface area contributed by atoms with Gasteiger partial charge in [0.05, 0.1) is 13.2 Å². The summed E-state index contributed by atoms with van der Waals surface area (Å²) in [5, 5.41) is 7.17. The Hall–Kier alpha value is -3.07. The molecule has 2 aromatic carbocycles. The smallest absolute Gasteiger partial charge is 0.497 e. The van der Waals surface area contributed by atoms with E-state index in [1.165, 1.54) is 12.1 Å². The van der Waals surface area contributed by atoms with Crippen molar-refractivity contribution in [2.24, 2.45) is 0 Å². The molecule has 3 aromatic rings. The summed E-state index contributed by atoms with van der Waals surface area (Å²) in [4.78, 5) is 4.38. The lowest BCUT2D eigenvalue weighted by Crippen LogP contribution is -2.19. The van der Waals surface area contributed by atoms with E-state index in [0.717, 1.165) is 11.1 Å². The van der Waals surface area contributed by atoms with Gasteiger partial charge < -0.3 is 19.3 Å². The fourth-order valence-corrected chi connectivity index (χ4v) is 2.46. The van der Waals surface area contributed by atoms with Gasteiger partial charge in [0.25, 0.3) is 0 Å². The van der Waals surface area contributed by atoms with Gasteiger partial charge in [-0.15, -0.1) is 13.2 Å². The Morgan fingerprint density at radius 3 is 2.54 bits per heavy atom. The molecule has 1 heterocycles. The quantitative estimate of drug-likeness (QED) is 0.638. The van der Waals surface area contributed by atoms with E-state index >= 15 is 0 Å². The van der Waals surface area contributed by atoms with Crippen molar-refractivity contribution in [3.8, 4) is 22.9 Å². The Labute approximate surface area is 159 Å². The van der Waals surface area contributed by atoms with Gasteiger partial charge in [-0.3, -0.25) is 0 Å². The van der Waals surface area contributed by atoms with E-state index in [1.807, 2.05) is 25.1 Å². The number of hydrogen-bond acceptors (Lipinski definition) is 6. The third kappa shape index (κ3) is 5.23. The van der Waals surface area contributed by atoms with Crippen LogP contribution in [0, 0.1) is 0 Å². The molecule has 1 unspecified atom stereocenters. The van der Waals surface area contributed by atoms with Gasteiger partial charge in [0, 0.05) is 12.1 Å². The average Bonchev–Trinajstić information content (AvgIpc) is 3.16. The molecule has 0 aliphatic carbocycles. The number of ether oxygens (including phenoxy) is 2. The van der Waals surface area contributed by atoms with Crippen molar-refractivity contribution in [3.05, 3.63) is 60.0 Å². The first-order chi connectivity index (χ1) is 13.3. The summed E-state index contributed by atoms with van der Waals surface area (Å²) in [5.74, 6) is 1.27.